The summed E-state index contributed by atoms with van der Waals surface area (Å²) < 4.78 is 11.0. The molecule has 0 aromatic heterocycles. The van der Waals surface area contributed by atoms with Gasteiger partial charge in [-0.2, -0.15) is 0 Å². The third-order valence-electron chi connectivity index (χ3n) is 4.25. The lowest BCUT2D eigenvalue weighted by Gasteiger charge is -2.21. The van der Waals surface area contributed by atoms with Crippen LogP contribution in [0, 0.1) is 11.8 Å². The van der Waals surface area contributed by atoms with E-state index in [1.807, 2.05) is 18.2 Å². The number of benzene rings is 1. The predicted molar refractivity (Wildman–Crippen MR) is 67.0 cm³/mol. The van der Waals surface area contributed by atoms with E-state index in [1.54, 1.807) is 12.1 Å². The summed E-state index contributed by atoms with van der Waals surface area (Å²) in [6.07, 6.45) is -1.17. The van der Waals surface area contributed by atoms with Crippen molar-refractivity contribution in [3.8, 4) is 0 Å². The van der Waals surface area contributed by atoms with Crippen molar-refractivity contribution in [2.45, 2.75) is 24.4 Å². The SMILES string of the molecule is O=C(O)C1C2OC(C3OC32)C1C(=O)Nc1ccccc1. The number of amides is 1. The van der Waals surface area contributed by atoms with Gasteiger partial charge in [0, 0.05) is 5.69 Å². The molecule has 3 aliphatic heterocycles. The van der Waals surface area contributed by atoms with Gasteiger partial charge in [0.25, 0.3) is 0 Å². The topological polar surface area (TPSA) is 88.2 Å². The van der Waals surface area contributed by atoms with E-state index in [2.05, 4.69) is 5.32 Å². The fourth-order valence-corrected chi connectivity index (χ4v) is 3.34. The number of para-hydroxylation sites is 1. The van der Waals surface area contributed by atoms with Gasteiger partial charge >= 0.3 is 5.97 Å². The second kappa shape index (κ2) is 4.04. The summed E-state index contributed by atoms with van der Waals surface area (Å²) in [5.41, 5.74) is 0.651. The molecule has 0 saturated carbocycles. The molecule has 4 rings (SSSR count). The van der Waals surface area contributed by atoms with Crippen molar-refractivity contribution in [3.63, 3.8) is 0 Å². The molecule has 1 aromatic rings. The first-order valence-corrected chi connectivity index (χ1v) is 6.56. The summed E-state index contributed by atoms with van der Waals surface area (Å²) in [6, 6.07) is 8.98. The molecule has 0 aliphatic carbocycles. The molecule has 2 bridgehead atoms. The first-order chi connectivity index (χ1) is 9.66. The van der Waals surface area contributed by atoms with Crippen LogP contribution in [0.2, 0.25) is 0 Å². The van der Waals surface area contributed by atoms with E-state index in [1.165, 1.54) is 0 Å². The Morgan fingerprint density at radius 1 is 0.950 bits per heavy atom. The third-order valence-corrected chi connectivity index (χ3v) is 4.25. The molecule has 1 aromatic carbocycles. The van der Waals surface area contributed by atoms with Gasteiger partial charge in [0.05, 0.1) is 17.9 Å². The van der Waals surface area contributed by atoms with E-state index in [0.29, 0.717) is 5.69 Å². The van der Waals surface area contributed by atoms with E-state index in [4.69, 9.17) is 9.47 Å². The summed E-state index contributed by atoms with van der Waals surface area (Å²) in [7, 11) is 0. The summed E-state index contributed by atoms with van der Waals surface area (Å²) in [6.45, 7) is 0. The van der Waals surface area contributed by atoms with Crippen LogP contribution in [0.25, 0.3) is 0 Å². The van der Waals surface area contributed by atoms with Gasteiger partial charge in [0.2, 0.25) is 5.91 Å². The molecule has 104 valence electrons. The van der Waals surface area contributed by atoms with E-state index in [-0.39, 0.29) is 18.1 Å². The Kier molecular flexibility index (Phi) is 2.40. The molecule has 3 aliphatic rings. The Morgan fingerprint density at radius 3 is 2.20 bits per heavy atom. The Bertz CT molecular complexity index is 574. The molecule has 3 saturated heterocycles. The summed E-state index contributed by atoms with van der Waals surface area (Å²) in [4.78, 5) is 23.8. The smallest absolute Gasteiger partial charge is 0.310 e. The molecule has 6 heteroatoms. The highest BCUT2D eigenvalue weighted by atomic mass is 16.7. The number of carboxylic acid groups (broad SMARTS) is 1. The number of hydrogen-bond donors (Lipinski definition) is 2. The van der Waals surface area contributed by atoms with Crippen LogP contribution in [-0.2, 0) is 19.1 Å². The number of rotatable bonds is 3. The number of carboxylic acids is 1. The first kappa shape index (κ1) is 11.9. The molecule has 3 fully saturated rings. The molecule has 20 heavy (non-hydrogen) atoms. The molecule has 0 spiro atoms. The van der Waals surface area contributed by atoms with Crippen molar-refractivity contribution in [1.29, 1.82) is 0 Å². The van der Waals surface area contributed by atoms with Gasteiger partial charge < -0.3 is 19.9 Å². The zero-order chi connectivity index (χ0) is 13.9. The second-order valence-corrected chi connectivity index (χ2v) is 5.38. The van der Waals surface area contributed by atoms with Crippen LogP contribution in [0.3, 0.4) is 0 Å². The minimum Gasteiger partial charge on any atom is -0.481 e. The molecule has 1 amide bonds. The van der Waals surface area contributed by atoms with E-state index in [9.17, 15) is 14.7 Å². The van der Waals surface area contributed by atoms with Crippen LogP contribution in [0.1, 0.15) is 0 Å². The largest absolute Gasteiger partial charge is 0.481 e. The minimum atomic E-state index is -1.00. The van der Waals surface area contributed by atoms with Gasteiger partial charge in [-0.3, -0.25) is 9.59 Å². The fraction of sp³-hybridized carbons (Fsp3) is 0.429. The number of ether oxygens (including phenoxy) is 2. The number of nitrogens with one attached hydrogen (secondary N) is 1. The van der Waals surface area contributed by atoms with Gasteiger partial charge in [-0.15, -0.1) is 0 Å². The lowest BCUT2D eigenvalue weighted by molar-refractivity contribution is -0.147. The monoisotopic (exact) mass is 275 g/mol. The number of fused-ring (bicyclic) bond motifs is 5. The van der Waals surface area contributed by atoms with Gasteiger partial charge in [-0.25, -0.2) is 0 Å². The van der Waals surface area contributed by atoms with Crippen LogP contribution >= 0.6 is 0 Å². The predicted octanol–water partition coefficient (Wildman–Crippen LogP) is 0.490. The van der Waals surface area contributed by atoms with Crippen molar-refractivity contribution in [2.75, 3.05) is 5.32 Å². The third kappa shape index (κ3) is 1.58. The van der Waals surface area contributed by atoms with Crippen LogP contribution < -0.4 is 5.32 Å². The maximum absolute atomic E-state index is 12.4. The van der Waals surface area contributed by atoms with Crippen molar-refractivity contribution in [2.24, 2.45) is 11.8 Å². The van der Waals surface area contributed by atoms with Crippen LogP contribution in [0.4, 0.5) is 5.69 Å². The van der Waals surface area contributed by atoms with Gasteiger partial charge in [-0.05, 0) is 12.1 Å². The van der Waals surface area contributed by atoms with Gasteiger partial charge in [0.1, 0.15) is 18.3 Å². The molecule has 6 unspecified atom stereocenters. The lowest BCUT2D eigenvalue weighted by Crippen LogP contribution is -2.44. The second-order valence-electron chi connectivity index (χ2n) is 5.38. The fourth-order valence-electron chi connectivity index (χ4n) is 3.34. The number of aliphatic carboxylic acids is 1. The molecule has 6 atom stereocenters. The molecule has 3 heterocycles. The van der Waals surface area contributed by atoms with Crippen LogP contribution in [0.15, 0.2) is 30.3 Å². The Labute approximate surface area is 114 Å². The van der Waals surface area contributed by atoms with Gasteiger partial charge in [0.15, 0.2) is 0 Å². The average Bonchev–Trinajstić information content (AvgIpc) is 3.04. The van der Waals surface area contributed by atoms with Gasteiger partial charge in [-0.1, -0.05) is 18.2 Å². The minimum absolute atomic E-state index is 0.109. The number of carbonyl (C=O) groups excluding carboxylic acids is 1. The standard InChI is InChI=1S/C14H13NO5/c16-13(15-6-4-2-1-3-5-6)7-8(14(17)18)10-12-11(20-12)9(7)19-10/h1-5,7-12H,(H,15,16)(H,17,18). The van der Waals surface area contributed by atoms with Crippen molar-refractivity contribution in [3.05, 3.63) is 30.3 Å². The number of anilines is 1. The Morgan fingerprint density at radius 2 is 1.55 bits per heavy atom. The van der Waals surface area contributed by atoms with Crippen LogP contribution in [-0.4, -0.2) is 41.4 Å². The van der Waals surface area contributed by atoms with Crippen molar-refractivity contribution >= 4 is 17.6 Å². The van der Waals surface area contributed by atoms with Crippen LogP contribution in [0.5, 0.6) is 0 Å². The Balaban J connectivity index is 1.57. The lowest BCUT2D eigenvalue weighted by atomic mass is 9.78. The summed E-state index contributed by atoms with van der Waals surface area (Å²) in [5.74, 6) is -2.83. The molecule has 0 radical (unpaired) electrons. The maximum atomic E-state index is 12.4. The molecular formula is C14H13NO5. The highest BCUT2D eigenvalue weighted by Gasteiger charge is 2.72. The highest BCUT2D eigenvalue weighted by molar-refractivity contribution is 5.96. The Hall–Kier alpha value is -1.92. The highest BCUT2D eigenvalue weighted by Crippen LogP contribution is 2.54. The first-order valence-electron chi connectivity index (χ1n) is 6.56. The van der Waals surface area contributed by atoms with E-state index in [0.717, 1.165) is 0 Å². The maximum Gasteiger partial charge on any atom is 0.310 e. The quantitative estimate of drug-likeness (QED) is 0.784. The number of epoxide rings is 1. The number of carbonyl (C=O) groups is 2. The van der Waals surface area contributed by atoms with E-state index < -0.39 is 30.0 Å². The summed E-state index contributed by atoms with van der Waals surface area (Å²) in [5, 5.41) is 12.1. The van der Waals surface area contributed by atoms with E-state index >= 15 is 0 Å². The molecule has 2 N–H and O–H groups in total. The average molecular weight is 275 g/mol. The molecular weight excluding hydrogens is 262 g/mol. The molecule has 6 nitrogen and oxygen atoms in total. The van der Waals surface area contributed by atoms with Crippen molar-refractivity contribution < 1.29 is 24.2 Å². The zero-order valence-electron chi connectivity index (χ0n) is 10.4. The number of hydrogen-bond acceptors (Lipinski definition) is 4. The summed E-state index contributed by atoms with van der Waals surface area (Å²) >= 11 is 0. The van der Waals surface area contributed by atoms with Crippen molar-refractivity contribution in [1.82, 2.24) is 0 Å². The normalized spacial score (nSPS) is 40.2. The zero-order valence-corrected chi connectivity index (χ0v) is 10.4.